The molecule has 2 heterocycles. The lowest BCUT2D eigenvalue weighted by molar-refractivity contribution is -0.384. The molecule has 0 fully saturated rings. The molecule has 1 atom stereocenters. The zero-order valence-electron chi connectivity index (χ0n) is 12.3. The Kier molecular flexibility index (Phi) is 4.06. The van der Waals surface area contributed by atoms with Crippen molar-refractivity contribution in [2.75, 3.05) is 17.7 Å². The number of aryl methyl sites for hydroxylation is 2. The summed E-state index contributed by atoms with van der Waals surface area (Å²) in [6.45, 7) is 5.60. The van der Waals surface area contributed by atoms with Gasteiger partial charge in [-0.3, -0.25) is 10.1 Å². The van der Waals surface area contributed by atoms with Crippen molar-refractivity contribution in [3.05, 3.63) is 39.3 Å². The minimum absolute atomic E-state index is 0.0252. The Balaban J connectivity index is 2.30. The van der Waals surface area contributed by atoms with Gasteiger partial charge in [-0.05, 0) is 20.8 Å². The van der Waals surface area contributed by atoms with Crippen molar-refractivity contribution in [2.24, 2.45) is 0 Å². The second kappa shape index (κ2) is 5.78. The van der Waals surface area contributed by atoms with Crippen LogP contribution < -0.4 is 10.6 Å². The molecule has 1 unspecified atom stereocenters. The van der Waals surface area contributed by atoms with E-state index in [1.165, 1.54) is 12.1 Å². The summed E-state index contributed by atoms with van der Waals surface area (Å²) in [5.41, 5.74) is 1.68. The Morgan fingerprint density at radius 3 is 2.52 bits per heavy atom. The summed E-state index contributed by atoms with van der Waals surface area (Å²) in [6, 6.07) is 2.65. The SMILES string of the molecule is CNc1cc([N+](=O)[O-])cc(NC(C)c2c(C)noc2C)n1. The van der Waals surface area contributed by atoms with E-state index in [0.29, 0.717) is 17.4 Å². The number of nitrogens with zero attached hydrogens (tertiary/aromatic N) is 3. The first kappa shape index (κ1) is 14.8. The number of hydrogen-bond donors (Lipinski definition) is 2. The molecule has 0 amide bonds. The maximum Gasteiger partial charge on any atom is 0.276 e. The molecule has 0 radical (unpaired) electrons. The highest BCUT2D eigenvalue weighted by molar-refractivity contribution is 5.55. The Labute approximate surface area is 121 Å². The van der Waals surface area contributed by atoms with Gasteiger partial charge < -0.3 is 15.2 Å². The standard InChI is InChI=1S/C13H17N5O3/c1-7(13-8(2)17-21-9(13)3)15-12-6-10(18(19)20)5-11(14-4)16-12/h5-7H,1-4H3,(H2,14,15,16). The van der Waals surface area contributed by atoms with Crippen molar-refractivity contribution < 1.29 is 9.45 Å². The van der Waals surface area contributed by atoms with E-state index in [-0.39, 0.29) is 11.7 Å². The fourth-order valence-electron chi connectivity index (χ4n) is 2.23. The molecule has 0 saturated carbocycles. The molecule has 112 valence electrons. The maximum absolute atomic E-state index is 10.9. The summed E-state index contributed by atoms with van der Waals surface area (Å²) in [5.74, 6) is 1.56. The van der Waals surface area contributed by atoms with Crippen molar-refractivity contribution in [3.8, 4) is 0 Å². The molecule has 2 aromatic heterocycles. The first-order chi connectivity index (χ1) is 9.92. The van der Waals surface area contributed by atoms with Gasteiger partial charge in [0.05, 0.1) is 28.8 Å². The number of pyridine rings is 1. The Bertz CT molecular complexity index is 648. The van der Waals surface area contributed by atoms with Crippen molar-refractivity contribution in [2.45, 2.75) is 26.8 Å². The predicted octanol–water partition coefficient (Wildman–Crippen LogP) is 2.81. The third kappa shape index (κ3) is 3.10. The minimum Gasteiger partial charge on any atom is -0.373 e. The number of nitrogens with one attached hydrogen (secondary N) is 2. The van der Waals surface area contributed by atoms with Gasteiger partial charge in [0.2, 0.25) is 0 Å². The molecule has 21 heavy (non-hydrogen) atoms. The third-order valence-corrected chi connectivity index (χ3v) is 3.16. The summed E-state index contributed by atoms with van der Waals surface area (Å²) >= 11 is 0. The molecule has 0 aliphatic heterocycles. The lowest BCUT2D eigenvalue weighted by atomic mass is 10.1. The highest BCUT2D eigenvalue weighted by atomic mass is 16.6. The molecule has 2 rings (SSSR count). The van der Waals surface area contributed by atoms with E-state index in [1.54, 1.807) is 7.05 Å². The van der Waals surface area contributed by atoms with Crippen molar-refractivity contribution in [3.63, 3.8) is 0 Å². The van der Waals surface area contributed by atoms with Crippen molar-refractivity contribution in [1.29, 1.82) is 0 Å². The molecule has 0 bridgehead atoms. The normalized spacial score (nSPS) is 12.0. The van der Waals surface area contributed by atoms with Crippen LogP contribution in [-0.4, -0.2) is 22.1 Å². The van der Waals surface area contributed by atoms with Crippen molar-refractivity contribution >= 4 is 17.3 Å². The number of aromatic nitrogens is 2. The summed E-state index contributed by atoms with van der Waals surface area (Å²) in [4.78, 5) is 14.8. The number of rotatable bonds is 5. The summed E-state index contributed by atoms with van der Waals surface area (Å²) < 4.78 is 5.13. The third-order valence-electron chi connectivity index (χ3n) is 3.16. The molecule has 0 saturated heterocycles. The summed E-state index contributed by atoms with van der Waals surface area (Å²) in [7, 11) is 1.66. The summed E-state index contributed by atoms with van der Waals surface area (Å²) in [5, 5.41) is 20.8. The van der Waals surface area contributed by atoms with E-state index < -0.39 is 4.92 Å². The minimum atomic E-state index is -0.450. The first-order valence-corrected chi connectivity index (χ1v) is 6.46. The van der Waals surface area contributed by atoms with E-state index in [4.69, 9.17) is 4.52 Å². The lowest BCUT2D eigenvalue weighted by Crippen LogP contribution is -2.10. The highest BCUT2D eigenvalue weighted by Crippen LogP contribution is 2.27. The Morgan fingerprint density at radius 2 is 2.00 bits per heavy atom. The zero-order chi connectivity index (χ0) is 15.6. The molecule has 2 aromatic rings. The first-order valence-electron chi connectivity index (χ1n) is 6.46. The van der Waals surface area contributed by atoms with Gasteiger partial charge in [-0.25, -0.2) is 4.98 Å². The molecule has 2 N–H and O–H groups in total. The van der Waals surface area contributed by atoms with Gasteiger partial charge in [-0.2, -0.15) is 0 Å². The molecule has 8 nitrogen and oxygen atoms in total. The number of nitro groups is 1. The molecular weight excluding hydrogens is 274 g/mol. The quantitative estimate of drug-likeness (QED) is 0.644. The Morgan fingerprint density at radius 1 is 1.33 bits per heavy atom. The smallest absolute Gasteiger partial charge is 0.276 e. The molecule has 0 aliphatic carbocycles. The van der Waals surface area contributed by atoms with Crippen LogP contribution in [0, 0.1) is 24.0 Å². The van der Waals surface area contributed by atoms with Crippen LogP contribution in [0.4, 0.5) is 17.3 Å². The van der Waals surface area contributed by atoms with Crippen LogP contribution in [-0.2, 0) is 0 Å². The van der Waals surface area contributed by atoms with Gasteiger partial charge in [0.1, 0.15) is 17.4 Å². The van der Waals surface area contributed by atoms with Crippen LogP contribution in [0.5, 0.6) is 0 Å². The Hall–Kier alpha value is -2.64. The number of anilines is 2. The average Bonchev–Trinajstić information content (AvgIpc) is 2.77. The molecule has 0 spiro atoms. The van der Waals surface area contributed by atoms with Gasteiger partial charge in [0.15, 0.2) is 0 Å². The predicted molar refractivity (Wildman–Crippen MR) is 78.5 cm³/mol. The van der Waals surface area contributed by atoms with Crippen LogP contribution in [0.1, 0.15) is 30.0 Å². The van der Waals surface area contributed by atoms with Crippen LogP contribution in [0.15, 0.2) is 16.7 Å². The van der Waals surface area contributed by atoms with Gasteiger partial charge in [0, 0.05) is 12.6 Å². The van der Waals surface area contributed by atoms with Gasteiger partial charge >= 0.3 is 0 Å². The maximum atomic E-state index is 10.9. The van der Waals surface area contributed by atoms with Crippen LogP contribution in [0.2, 0.25) is 0 Å². The fourth-order valence-corrected chi connectivity index (χ4v) is 2.23. The second-order valence-electron chi connectivity index (χ2n) is 4.71. The molecule has 0 aliphatic rings. The number of hydrogen-bond acceptors (Lipinski definition) is 7. The largest absolute Gasteiger partial charge is 0.373 e. The van der Waals surface area contributed by atoms with E-state index in [1.807, 2.05) is 20.8 Å². The average molecular weight is 291 g/mol. The fraction of sp³-hybridized carbons (Fsp3) is 0.385. The van der Waals surface area contributed by atoms with E-state index in [9.17, 15) is 10.1 Å². The highest BCUT2D eigenvalue weighted by Gasteiger charge is 2.18. The van der Waals surface area contributed by atoms with Crippen LogP contribution >= 0.6 is 0 Å². The molecule has 8 heteroatoms. The van der Waals surface area contributed by atoms with Crippen LogP contribution in [0.25, 0.3) is 0 Å². The van der Waals surface area contributed by atoms with Crippen molar-refractivity contribution in [1.82, 2.24) is 10.1 Å². The monoisotopic (exact) mass is 291 g/mol. The second-order valence-corrected chi connectivity index (χ2v) is 4.71. The van der Waals surface area contributed by atoms with E-state index in [0.717, 1.165) is 11.3 Å². The van der Waals surface area contributed by atoms with Gasteiger partial charge in [-0.1, -0.05) is 5.16 Å². The lowest BCUT2D eigenvalue weighted by Gasteiger charge is -2.15. The van der Waals surface area contributed by atoms with Gasteiger partial charge in [0.25, 0.3) is 5.69 Å². The van der Waals surface area contributed by atoms with E-state index in [2.05, 4.69) is 20.8 Å². The topological polar surface area (TPSA) is 106 Å². The molecule has 0 aromatic carbocycles. The van der Waals surface area contributed by atoms with Gasteiger partial charge in [-0.15, -0.1) is 0 Å². The zero-order valence-corrected chi connectivity index (χ0v) is 12.3. The van der Waals surface area contributed by atoms with Crippen LogP contribution in [0.3, 0.4) is 0 Å². The summed E-state index contributed by atoms with van der Waals surface area (Å²) in [6.07, 6.45) is 0. The molecular formula is C13H17N5O3. The van der Waals surface area contributed by atoms with E-state index >= 15 is 0 Å².